The molecule has 0 saturated carbocycles. The minimum atomic E-state index is -0.691. The lowest BCUT2D eigenvalue weighted by Crippen LogP contribution is -2.14. The third-order valence-corrected chi connectivity index (χ3v) is 1.04. The lowest BCUT2D eigenvalue weighted by molar-refractivity contribution is -0.150. The Morgan fingerprint density at radius 2 is 1.92 bits per heavy atom. The van der Waals surface area contributed by atoms with E-state index in [-0.39, 0.29) is 11.7 Å². The number of hydrogen-bond acceptors (Lipinski definition) is 4. The van der Waals surface area contributed by atoms with Gasteiger partial charge in [0, 0.05) is 6.92 Å². The average molecular weight is 186 g/mol. The Kier molecular flexibility index (Phi) is 4.80. The summed E-state index contributed by atoms with van der Waals surface area (Å²) in [5.41, 5.74) is 0. The van der Waals surface area contributed by atoms with Gasteiger partial charge in [0.25, 0.3) is 0 Å². The molecule has 13 heavy (non-hydrogen) atoms. The first kappa shape index (κ1) is 11.7. The maximum absolute atomic E-state index is 11.0. The molecule has 0 aliphatic rings. The molecule has 0 aliphatic heterocycles. The molecule has 4 nitrogen and oxygen atoms in total. The van der Waals surface area contributed by atoms with Crippen LogP contribution in [0.25, 0.3) is 0 Å². The van der Waals surface area contributed by atoms with Crippen LogP contribution in [0.4, 0.5) is 0 Å². The Hall–Kier alpha value is -1.32. The van der Waals surface area contributed by atoms with E-state index in [4.69, 9.17) is 4.74 Å². The highest BCUT2D eigenvalue weighted by Crippen LogP contribution is 2.00. The molecule has 4 heteroatoms. The van der Waals surface area contributed by atoms with E-state index in [1.165, 1.54) is 6.92 Å². The molecule has 0 aromatic carbocycles. The second kappa shape index (κ2) is 5.35. The van der Waals surface area contributed by atoms with Crippen molar-refractivity contribution in [2.45, 2.75) is 20.8 Å². The number of rotatable bonds is 4. The predicted octanol–water partition coefficient (Wildman–Crippen LogP) is 1.26. The van der Waals surface area contributed by atoms with Crippen molar-refractivity contribution in [1.29, 1.82) is 0 Å². The van der Waals surface area contributed by atoms with Gasteiger partial charge in [0.05, 0.1) is 6.61 Å². The van der Waals surface area contributed by atoms with Crippen molar-refractivity contribution in [3.63, 3.8) is 0 Å². The van der Waals surface area contributed by atoms with Gasteiger partial charge in [0.15, 0.2) is 0 Å². The van der Waals surface area contributed by atoms with Gasteiger partial charge in [-0.3, -0.25) is 4.79 Å². The number of ether oxygens (including phenoxy) is 2. The van der Waals surface area contributed by atoms with Crippen molar-refractivity contribution in [3.8, 4) is 0 Å². The zero-order chi connectivity index (χ0) is 10.4. The van der Waals surface area contributed by atoms with Gasteiger partial charge < -0.3 is 9.47 Å². The molecule has 0 atom stereocenters. The number of carbonyl (C=O) groups excluding carboxylic acids is 2. The zero-order valence-electron chi connectivity index (χ0n) is 8.12. The van der Waals surface area contributed by atoms with E-state index in [1.807, 2.05) is 13.8 Å². The van der Waals surface area contributed by atoms with Gasteiger partial charge in [-0.15, -0.1) is 0 Å². The van der Waals surface area contributed by atoms with E-state index < -0.39 is 11.9 Å². The first-order chi connectivity index (χ1) is 5.93. The zero-order valence-corrected chi connectivity index (χ0v) is 8.12. The summed E-state index contributed by atoms with van der Waals surface area (Å²) in [6, 6.07) is 0. The van der Waals surface area contributed by atoms with Crippen LogP contribution in [0.5, 0.6) is 0 Å². The molecule has 0 heterocycles. The molecule has 0 saturated heterocycles. The Bertz CT molecular complexity index is 218. The van der Waals surface area contributed by atoms with Crippen LogP contribution >= 0.6 is 0 Å². The number of hydrogen-bond donors (Lipinski definition) is 0. The molecule has 0 fully saturated rings. The lowest BCUT2D eigenvalue weighted by Gasteiger charge is -2.07. The fourth-order valence-electron chi connectivity index (χ4n) is 0.538. The molecule has 0 aromatic heterocycles. The van der Waals surface area contributed by atoms with Crippen molar-refractivity contribution >= 4 is 11.9 Å². The monoisotopic (exact) mass is 186 g/mol. The first-order valence-electron chi connectivity index (χ1n) is 3.98. The standard InChI is InChI=1S/C9H14O4/c1-6(2)5-12-9(11)7(3)13-8(4)10/h6H,3,5H2,1-2,4H3. The van der Waals surface area contributed by atoms with Crippen molar-refractivity contribution < 1.29 is 19.1 Å². The fourth-order valence-corrected chi connectivity index (χ4v) is 0.538. The largest absolute Gasteiger partial charge is 0.460 e. The van der Waals surface area contributed by atoms with E-state index in [1.54, 1.807) is 0 Å². The Morgan fingerprint density at radius 3 is 2.31 bits per heavy atom. The molecule has 0 amide bonds. The molecular weight excluding hydrogens is 172 g/mol. The van der Waals surface area contributed by atoms with Crippen molar-refractivity contribution in [3.05, 3.63) is 12.3 Å². The molecule has 74 valence electrons. The molecule has 0 bridgehead atoms. The summed E-state index contributed by atoms with van der Waals surface area (Å²) in [5, 5.41) is 0. The highest BCUT2D eigenvalue weighted by atomic mass is 16.6. The Balaban J connectivity index is 3.83. The SMILES string of the molecule is C=C(OC(C)=O)C(=O)OCC(C)C. The summed E-state index contributed by atoms with van der Waals surface area (Å²) >= 11 is 0. The molecule has 0 N–H and O–H groups in total. The number of esters is 2. The Morgan fingerprint density at radius 1 is 1.38 bits per heavy atom. The normalized spacial score (nSPS) is 9.54. The topological polar surface area (TPSA) is 52.6 Å². The molecule has 0 unspecified atom stereocenters. The summed E-state index contributed by atoms with van der Waals surface area (Å²) in [5.74, 6) is -1.29. The van der Waals surface area contributed by atoms with Crippen LogP contribution in [0.2, 0.25) is 0 Å². The van der Waals surface area contributed by atoms with E-state index in [0.29, 0.717) is 6.61 Å². The van der Waals surface area contributed by atoms with Gasteiger partial charge in [-0.2, -0.15) is 0 Å². The van der Waals surface area contributed by atoms with Crippen molar-refractivity contribution in [1.82, 2.24) is 0 Å². The van der Waals surface area contributed by atoms with Crippen molar-refractivity contribution in [2.75, 3.05) is 6.61 Å². The lowest BCUT2D eigenvalue weighted by atomic mass is 10.2. The molecule has 0 radical (unpaired) electrons. The fraction of sp³-hybridized carbons (Fsp3) is 0.556. The highest BCUT2D eigenvalue weighted by molar-refractivity contribution is 5.88. The summed E-state index contributed by atoms with van der Waals surface area (Å²) < 4.78 is 9.19. The third kappa shape index (κ3) is 5.90. The quantitative estimate of drug-likeness (QED) is 0.377. The summed E-state index contributed by atoms with van der Waals surface area (Å²) in [4.78, 5) is 21.4. The van der Waals surface area contributed by atoms with Gasteiger partial charge in [0.2, 0.25) is 5.76 Å². The van der Waals surface area contributed by atoms with E-state index in [2.05, 4.69) is 11.3 Å². The second-order valence-corrected chi connectivity index (χ2v) is 3.01. The summed E-state index contributed by atoms with van der Waals surface area (Å²) in [7, 11) is 0. The van der Waals surface area contributed by atoms with Crippen molar-refractivity contribution in [2.24, 2.45) is 5.92 Å². The van der Waals surface area contributed by atoms with Gasteiger partial charge in [0.1, 0.15) is 0 Å². The van der Waals surface area contributed by atoms with Crippen LogP contribution in [-0.4, -0.2) is 18.5 Å². The van der Waals surface area contributed by atoms with E-state index in [9.17, 15) is 9.59 Å². The summed E-state index contributed by atoms with van der Waals surface area (Å²) in [6.45, 7) is 8.55. The van der Waals surface area contributed by atoms with Gasteiger partial charge in [-0.25, -0.2) is 4.79 Å². The van der Waals surface area contributed by atoms with Gasteiger partial charge in [-0.1, -0.05) is 13.8 Å². The van der Waals surface area contributed by atoms with Crippen LogP contribution in [0, 0.1) is 5.92 Å². The van der Waals surface area contributed by atoms with E-state index >= 15 is 0 Å². The molecule has 0 aliphatic carbocycles. The second-order valence-electron chi connectivity index (χ2n) is 3.01. The van der Waals surface area contributed by atoms with E-state index in [0.717, 1.165) is 0 Å². The Labute approximate surface area is 77.5 Å². The highest BCUT2D eigenvalue weighted by Gasteiger charge is 2.12. The van der Waals surface area contributed by atoms with Crippen LogP contribution < -0.4 is 0 Å². The van der Waals surface area contributed by atoms with Gasteiger partial charge >= 0.3 is 11.9 Å². The van der Waals surface area contributed by atoms with Crippen LogP contribution in [0.3, 0.4) is 0 Å². The maximum atomic E-state index is 11.0. The average Bonchev–Trinajstić information content (AvgIpc) is 1.98. The summed E-state index contributed by atoms with van der Waals surface area (Å²) in [6.07, 6.45) is 0. The molecular formula is C9H14O4. The van der Waals surface area contributed by atoms with Crippen LogP contribution in [0.15, 0.2) is 12.3 Å². The minimum Gasteiger partial charge on any atom is -0.460 e. The third-order valence-electron chi connectivity index (χ3n) is 1.04. The molecule has 0 spiro atoms. The van der Waals surface area contributed by atoms with Crippen LogP contribution in [0.1, 0.15) is 20.8 Å². The smallest absolute Gasteiger partial charge is 0.373 e. The minimum absolute atomic E-state index is 0.245. The molecule has 0 rings (SSSR count). The maximum Gasteiger partial charge on any atom is 0.373 e. The number of carbonyl (C=O) groups is 2. The first-order valence-corrected chi connectivity index (χ1v) is 3.98. The predicted molar refractivity (Wildman–Crippen MR) is 46.7 cm³/mol. The van der Waals surface area contributed by atoms with Crippen LogP contribution in [-0.2, 0) is 19.1 Å². The molecule has 0 aromatic rings. The van der Waals surface area contributed by atoms with Gasteiger partial charge in [-0.05, 0) is 12.5 Å².